The van der Waals surface area contributed by atoms with E-state index in [9.17, 15) is 0 Å². The molecular weight excluding hydrogens is 460 g/mol. The number of hydrogen-bond donors (Lipinski definition) is 1. The van der Waals surface area contributed by atoms with Crippen molar-refractivity contribution in [3.8, 4) is 22.9 Å². The van der Waals surface area contributed by atoms with Crippen LogP contribution in [0.5, 0.6) is 11.5 Å². The van der Waals surface area contributed by atoms with Crippen molar-refractivity contribution >= 4 is 22.9 Å². The number of benzene rings is 3. The molecule has 0 spiro atoms. The highest BCUT2D eigenvalue weighted by atomic mass is 32.1. The van der Waals surface area contributed by atoms with E-state index in [1.54, 1.807) is 0 Å². The predicted octanol–water partition coefficient (Wildman–Crippen LogP) is 5.33. The standard InChI is InChI=1S/C27H22N4O3S/c1-17-23(26-29-25(30-34-26)20-12-13-21-22(14-20)33-16-32-21)24(19-10-6-3-7-11-19)28-27(35)31(17)15-18-8-4-2-5-9-18/h2-14,24H,15-16H2,1H3,(H,28,35). The molecule has 0 bridgehead atoms. The summed E-state index contributed by atoms with van der Waals surface area (Å²) < 4.78 is 16.8. The highest BCUT2D eigenvalue weighted by Gasteiger charge is 2.34. The van der Waals surface area contributed by atoms with Crippen molar-refractivity contribution in [2.24, 2.45) is 0 Å². The predicted molar refractivity (Wildman–Crippen MR) is 135 cm³/mol. The summed E-state index contributed by atoms with van der Waals surface area (Å²) in [5, 5.41) is 8.43. The smallest absolute Gasteiger partial charge is 0.258 e. The van der Waals surface area contributed by atoms with Crippen LogP contribution in [-0.4, -0.2) is 26.9 Å². The number of rotatable bonds is 5. The Kier molecular flexibility index (Phi) is 5.42. The van der Waals surface area contributed by atoms with Gasteiger partial charge in [0.25, 0.3) is 5.89 Å². The summed E-state index contributed by atoms with van der Waals surface area (Å²) in [6.45, 7) is 2.89. The van der Waals surface area contributed by atoms with E-state index in [1.807, 2.05) is 61.5 Å². The first-order valence-corrected chi connectivity index (χ1v) is 11.7. The molecule has 0 fully saturated rings. The van der Waals surface area contributed by atoms with E-state index in [-0.39, 0.29) is 12.8 Å². The van der Waals surface area contributed by atoms with Crippen molar-refractivity contribution in [2.45, 2.75) is 19.5 Å². The van der Waals surface area contributed by atoms with Crippen molar-refractivity contribution in [2.75, 3.05) is 6.79 Å². The van der Waals surface area contributed by atoms with Gasteiger partial charge >= 0.3 is 0 Å². The molecule has 7 nitrogen and oxygen atoms in total. The van der Waals surface area contributed by atoms with E-state index in [0.29, 0.717) is 34.9 Å². The minimum absolute atomic E-state index is 0.212. The minimum Gasteiger partial charge on any atom is -0.454 e. The second-order valence-corrected chi connectivity index (χ2v) is 8.74. The van der Waals surface area contributed by atoms with Crippen LogP contribution in [-0.2, 0) is 6.54 Å². The van der Waals surface area contributed by atoms with Gasteiger partial charge in [-0.2, -0.15) is 4.98 Å². The first kappa shape index (κ1) is 21.4. The van der Waals surface area contributed by atoms with Gasteiger partial charge < -0.3 is 24.2 Å². The molecule has 0 aliphatic carbocycles. The van der Waals surface area contributed by atoms with Gasteiger partial charge in [0.1, 0.15) is 0 Å². The average molecular weight is 483 g/mol. The molecule has 1 aromatic heterocycles. The first-order valence-electron chi connectivity index (χ1n) is 11.3. The molecule has 1 unspecified atom stereocenters. The molecule has 4 aromatic rings. The summed E-state index contributed by atoms with van der Waals surface area (Å²) in [5.41, 5.74) is 4.86. The topological polar surface area (TPSA) is 72.6 Å². The van der Waals surface area contributed by atoms with Gasteiger partial charge in [-0.15, -0.1) is 0 Å². The highest BCUT2D eigenvalue weighted by molar-refractivity contribution is 7.80. The zero-order valence-electron chi connectivity index (χ0n) is 19.0. The maximum absolute atomic E-state index is 5.83. The second kappa shape index (κ2) is 8.88. The Balaban J connectivity index is 1.42. The molecule has 0 radical (unpaired) electrons. The monoisotopic (exact) mass is 482 g/mol. The molecule has 0 amide bonds. The zero-order valence-corrected chi connectivity index (χ0v) is 19.8. The Morgan fingerprint density at radius 2 is 1.71 bits per heavy atom. The normalized spacial score (nSPS) is 17.0. The SMILES string of the molecule is CC1=C(c2nc(-c3ccc4c(c3)OCO4)no2)C(c2ccccc2)NC(=S)N1Cc1ccccc1. The van der Waals surface area contributed by atoms with Gasteiger partial charge in [-0.1, -0.05) is 65.8 Å². The Morgan fingerprint density at radius 1 is 0.971 bits per heavy atom. The fourth-order valence-electron chi connectivity index (χ4n) is 4.40. The number of aromatic nitrogens is 2. The largest absolute Gasteiger partial charge is 0.454 e. The number of allylic oxidation sites excluding steroid dienone is 1. The number of nitrogens with zero attached hydrogens (tertiary/aromatic N) is 3. The first-order chi connectivity index (χ1) is 17.2. The summed E-state index contributed by atoms with van der Waals surface area (Å²) in [5.74, 6) is 2.30. The van der Waals surface area contributed by atoms with E-state index in [0.717, 1.165) is 28.0 Å². The number of thiocarbonyl (C=S) groups is 1. The Labute approximate surface area is 208 Å². The van der Waals surface area contributed by atoms with Gasteiger partial charge in [0, 0.05) is 17.8 Å². The van der Waals surface area contributed by atoms with Crippen LogP contribution in [0.4, 0.5) is 0 Å². The van der Waals surface area contributed by atoms with Gasteiger partial charge in [0.2, 0.25) is 12.6 Å². The van der Waals surface area contributed by atoms with Crippen LogP contribution in [0.2, 0.25) is 0 Å². The fourth-order valence-corrected chi connectivity index (χ4v) is 4.72. The Morgan fingerprint density at radius 3 is 2.51 bits per heavy atom. The molecule has 3 heterocycles. The Bertz CT molecular complexity index is 1420. The molecule has 174 valence electrons. The number of ether oxygens (including phenoxy) is 2. The molecular formula is C27H22N4O3S. The minimum atomic E-state index is -0.222. The molecule has 0 saturated carbocycles. The fraction of sp³-hybridized carbons (Fsp3) is 0.148. The van der Waals surface area contributed by atoms with Crippen LogP contribution in [0.1, 0.15) is 30.0 Å². The van der Waals surface area contributed by atoms with Crippen LogP contribution in [0.15, 0.2) is 89.1 Å². The molecule has 8 heteroatoms. The third-order valence-corrected chi connectivity index (χ3v) is 6.54. The van der Waals surface area contributed by atoms with Crippen LogP contribution in [0.25, 0.3) is 17.0 Å². The van der Waals surface area contributed by atoms with Crippen molar-refractivity contribution in [1.82, 2.24) is 20.4 Å². The lowest BCUT2D eigenvalue weighted by atomic mass is 9.94. The van der Waals surface area contributed by atoms with Gasteiger partial charge in [-0.3, -0.25) is 0 Å². The van der Waals surface area contributed by atoms with Crippen LogP contribution >= 0.6 is 12.2 Å². The van der Waals surface area contributed by atoms with Gasteiger partial charge in [-0.25, -0.2) is 0 Å². The summed E-state index contributed by atoms with van der Waals surface area (Å²) in [6, 6.07) is 25.8. The van der Waals surface area contributed by atoms with E-state index in [4.69, 9.17) is 31.2 Å². The van der Waals surface area contributed by atoms with E-state index < -0.39 is 0 Å². The lowest BCUT2D eigenvalue weighted by molar-refractivity contribution is 0.174. The van der Waals surface area contributed by atoms with Crippen LogP contribution in [0.3, 0.4) is 0 Å². The molecule has 1 atom stereocenters. The molecule has 3 aromatic carbocycles. The lowest BCUT2D eigenvalue weighted by Crippen LogP contribution is -2.45. The van der Waals surface area contributed by atoms with Gasteiger partial charge in [0.05, 0.1) is 11.6 Å². The molecule has 35 heavy (non-hydrogen) atoms. The van der Waals surface area contributed by atoms with E-state index in [2.05, 4.69) is 39.6 Å². The summed E-state index contributed by atoms with van der Waals surface area (Å²) >= 11 is 5.80. The third-order valence-electron chi connectivity index (χ3n) is 6.20. The van der Waals surface area contributed by atoms with Crippen molar-refractivity contribution in [1.29, 1.82) is 0 Å². The quantitative estimate of drug-likeness (QED) is 0.383. The number of fused-ring (bicyclic) bond motifs is 1. The highest BCUT2D eigenvalue weighted by Crippen LogP contribution is 2.39. The van der Waals surface area contributed by atoms with Crippen molar-refractivity contribution in [3.05, 3.63) is 102 Å². The maximum atomic E-state index is 5.83. The van der Waals surface area contributed by atoms with Crippen LogP contribution < -0.4 is 14.8 Å². The molecule has 2 aliphatic heterocycles. The lowest BCUT2D eigenvalue weighted by Gasteiger charge is -2.37. The van der Waals surface area contributed by atoms with Crippen molar-refractivity contribution in [3.63, 3.8) is 0 Å². The van der Waals surface area contributed by atoms with E-state index in [1.165, 1.54) is 0 Å². The van der Waals surface area contributed by atoms with Crippen LogP contribution in [0, 0.1) is 0 Å². The number of hydrogen-bond acceptors (Lipinski definition) is 6. The molecule has 1 N–H and O–H groups in total. The third kappa shape index (κ3) is 4.02. The summed E-state index contributed by atoms with van der Waals surface area (Å²) in [6.07, 6.45) is 0. The number of nitrogens with one attached hydrogen (secondary N) is 1. The molecule has 0 saturated heterocycles. The summed E-state index contributed by atoms with van der Waals surface area (Å²) in [7, 11) is 0. The molecule has 2 aliphatic rings. The maximum Gasteiger partial charge on any atom is 0.258 e. The molecule has 6 rings (SSSR count). The van der Waals surface area contributed by atoms with Gasteiger partial charge in [0.15, 0.2) is 16.6 Å². The second-order valence-electron chi connectivity index (χ2n) is 8.36. The van der Waals surface area contributed by atoms with Gasteiger partial charge in [-0.05, 0) is 48.5 Å². The van der Waals surface area contributed by atoms with E-state index >= 15 is 0 Å². The zero-order chi connectivity index (χ0) is 23.8. The van der Waals surface area contributed by atoms with Crippen molar-refractivity contribution < 1.29 is 14.0 Å². The average Bonchev–Trinajstić information content (AvgIpc) is 3.57. The Hall–Kier alpha value is -4.17. The summed E-state index contributed by atoms with van der Waals surface area (Å²) in [4.78, 5) is 6.85.